The molecule has 19 heavy (non-hydrogen) atoms. The van der Waals surface area contributed by atoms with Crippen LogP contribution in [0, 0.1) is 5.92 Å². The first-order valence-corrected chi connectivity index (χ1v) is 6.79. The van der Waals surface area contributed by atoms with Crippen LogP contribution < -0.4 is 0 Å². The number of methoxy groups -OCH3 is 1. The third-order valence-electron chi connectivity index (χ3n) is 4.24. The van der Waals surface area contributed by atoms with E-state index in [1.54, 1.807) is 12.1 Å². The summed E-state index contributed by atoms with van der Waals surface area (Å²) in [5.74, 6) is -0.204. The molecule has 0 saturated heterocycles. The van der Waals surface area contributed by atoms with Gasteiger partial charge in [0.05, 0.1) is 18.1 Å². The third kappa shape index (κ3) is 2.26. The summed E-state index contributed by atoms with van der Waals surface area (Å²) in [6, 6.07) is 7.22. The molecule has 104 valence electrons. The number of esters is 1. The van der Waals surface area contributed by atoms with Gasteiger partial charge in [0.2, 0.25) is 0 Å². The molecule has 3 nitrogen and oxygen atoms in total. The molecular formula is C15H19ClO3. The fourth-order valence-corrected chi connectivity index (χ4v) is 3.04. The molecule has 0 aromatic heterocycles. The van der Waals surface area contributed by atoms with Gasteiger partial charge in [-0.1, -0.05) is 37.6 Å². The van der Waals surface area contributed by atoms with E-state index in [9.17, 15) is 9.90 Å². The van der Waals surface area contributed by atoms with Crippen molar-refractivity contribution in [2.24, 2.45) is 5.92 Å². The van der Waals surface area contributed by atoms with E-state index in [2.05, 4.69) is 0 Å². The van der Waals surface area contributed by atoms with Gasteiger partial charge < -0.3 is 9.84 Å². The summed E-state index contributed by atoms with van der Waals surface area (Å²) in [5.41, 5.74) is -0.757. The second-order valence-electron chi connectivity index (χ2n) is 5.70. The van der Waals surface area contributed by atoms with Gasteiger partial charge in [0.1, 0.15) is 0 Å². The lowest BCUT2D eigenvalue weighted by molar-refractivity contribution is -0.175. The van der Waals surface area contributed by atoms with Crippen LogP contribution in [0.25, 0.3) is 0 Å². The van der Waals surface area contributed by atoms with Gasteiger partial charge in [-0.3, -0.25) is 4.79 Å². The van der Waals surface area contributed by atoms with Crippen LogP contribution in [0.4, 0.5) is 0 Å². The van der Waals surface area contributed by atoms with Gasteiger partial charge in [-0.25, -0.2) is 0 Å². The van der Waals surface area contributed by atoms with Gasteiger partial charge in [-0.2, -0.15) is 0 Å². The Morgan fingerprint density at radius 3 is 2.53 bits per heavy atom. The van der Waals surface area contributed by atoms with Gasteiger partial charge in [0.15, 0.2) is 0 Å². The van der Waals surface area contributed by atoms with Crippen molar-refractivity contribution in [2.45, 2.75) is 37.7 Å². The van der Waals surface area contributed by atoms with E-state index in [1.165, 1.54) is 7.11 Å². The Morgan fingerprint density at radius 1 is 1.42 bits per heavy atom. The molecule has 1 N–H and O–H groups in total. The summed E-state index contributed by atoms with van der Waals surface area (Å²) in [5, 5.41) is 11.0. The molecule has 0 spiro atoms. The fourth-order valence-electron chi connectivity index (χ4n) is 2.85. The van der Waals surface area contributed by atoms with E-state index in [4.69, 9.17) is 16.3 Å². The summed E-state index contributed by atoms with van der Waals surface area (Å²) in [4.78, 5) is 12.2. The number of hydrogen-bond acceptors (Lipinski definition) is 3. The molecule has 1 saturated carbocycles. The number of aliphatic hydroxyl groups is 1. The van der Waals surface area contributed by atoms with Gasteiger partial charge in [0.25, 0.3) is 0 Å². The van der Waals surface area contributed by atoms with E-state index < -0.39 is 11.0 Å². The molecule has 2 rings (SSSR count). The van der Waals surface area contributed by atoms with Crippen LogP contribution in [0.3, 0.4) is 0 Å². The molecule has 1 fully saturated rings. The Labute approximate surface area is 118 Å². The number of halogens is 1. The van der Waals surface area contributed by atoms with E-state index in [-0.39, 0.29) is 11.9 Å². The summed E-state index contributed by atoms with van der Waals surface area (Å²) in [6.07, 6.45) is 0.759. The lowest BCUT2D eigenvalue weighted by Crippen LogP contribution is -2.61. The molecule has 1 aromatic carbocycles. The SMILES string of the molecule is COC(=O)C1(c2cccc(Cl)c2)CC(O)(C(C)C)C1. The Morgan fingerprint density at radius 2 is 2.05 bits per heavy atom. The van der Waals surface area contributed by atoms with Crippen molar-refractivity contribution in [3.63, 3.8) is 0 Å². The highest BCUT2D eigenvalue weighted by Gasteiger charge is 2.61. The first-order valence-electron chi connectivity index (χ1n) is 6.41. The van der Waals surface area contributed by atoms with Crippen molar-refractivity contribution in [2.75, 3.05) is 7.11 Å². The molecule has 0 heterocycles. The second kappa shape index (κ2) is 4.80. The van der Waals surface area contributed by atoms with Gasteiger partial charge in [0, 0.05) is 5.02 Å². The van der Waals surface area contributed by atoms with Crippen molar-refractivity contribution in [1.82, 2.24) is 0 Å². The highest BCUT2D eigenvalue weighted by atomic mass is 35.5. The Bertz CT molecular complexity index is 490. The third-order valence-corrected chi connectivity index (χ3v) is 4.48. The first kappa shape index (κ1) is 14.4. The predicted octanol–water partition coefficient (Wildman–Crippen LogP) is 2.93. The minimum absolute atomic E-state index is 0.101. The van der Waals surface area contributed by atoms with Gasteiger partial charge in [-0.05, 0) is 36.5 Å². The van der Waals surface area contributed by atoms with Crippen molar-refractivity contribution in [3.8, 4) is 0 Å². The van der Waals surface area contributed by atoms with Gasteiger partial charge in [-0.15, -0.1) is 0 Å². The average molecular weight is 283 g/mol. The van der Waals surface area contributed by atoms with Crippen molar-refractivity contribution in [3.05, 3.63) is 34.9 Å². The van der Waals surface area contributed by atoms with Crippen molar-refractivity contribution < 1.29 is 14.6 Å². The largest absolute Gasteiger partial charge is 0.468 e. The van der Waals surface area contributed by atoms with Crippen molar-refractivity contribution in [1.29, 1.82) is 0 Å². The van der Waals surface area contributed by atoms with Crippen LogP contribution in [0.15, 0.2) is 24.3 Å². The second-order valence-corrected chi connectivity index (χ2v) is 6.13. The maximum atomic E-state index is 12.2. The lowest BCUT2D eigenvalue weighted by atomic mass is 9.53. The highest BCUT2D eigenvalue weighted by Crippen LogP contribution is 2.54. The zero-order chi connectivity index (χ0) is 14.3. The summed E-state index contributed by atoms with van der Waals surface area (Å²) >= 11 is 6.00. The number of benzene rings is 1. The molecule has 0 aliphatic heterocycles. The standard InChI is InChI=1S/C15H19ClO3/c1-10(2)15(18)8-14(9-15,13(17)19-3)11-5-4-6-12(16)7-11/h4-7,10,18H,8-9H2,1-3H3. The molecule has 4 heteroatoms. The Kier molecular flexibility index (Phi) is 3.63. The van der Waals surface area contributed by atoms with Crippen LogP contribution in [0.2, 0.25) is 5.02 Å². The molecular weight excluding hydrogens is 264 g/mol. The van der Waals surface area contributed by atoms with E-state index in [0.29, 0.717) is 17.9 Å². The maximum absolute atomic E-state index is 12.2. The average Bonchev–Trinajstić information content (AvgIpc) is 2.33. The van der Waals surface area contributed by atoms with Crippen LogP contribution in [-0.2, 0) is 14.9 Å². The van der Waals surface area contributed by atoms with Crippen molar-refractivity contribution >= 4 is 17.6 Å². The molecule has 0 amide bonds. The smallest absolute Gasteiger partial charge is 0.316 e. The normalized spacial score (nSPS) is 30.0. The number of ether oxygens (including phenoxy) is 1. The predicted molar refractivity (Wildman–Crippen MR) is 74.2 cm³/mol. The quantitative estimate of drug-likeness (QED) is 0.867. The maximum Gasteiger partial charge on any atom is 0.316 e. The van der Waals surface area contributed by atoms with Crippen LogP contribution >= 0.6 is 11.6 Å². The molecule has 1 aromatic rings. The van der Waals surface area contributed by atoms with Crippen LogP contribution in [0.5, 0.6) is 0 Å². The lowest BCUT2D eigenvalue weighted by Gasteiger charge is -2.53. The van der Waals surface area contributed by atoms with E-state index in [1.807, 2.05) is 26.0 Å². The molecule has 0 bridgehead atoms. The summed E-state index contributed by atoms with van der Waals surface area (Å²) in [6.45, 7) is 3.92. The summed E-state index contributed by atoms with van der Waals surface area (Å²) < 4.78 is 4.93. The van der Waals surface area contributed by atoms with E-state index >= 15 is 0 Å². The fraction of sp³-hybridized carbons (Fsp3) is 0.533. The Hall–Kier alpha value is -1.06. The van der Waals surface area contributed by atoms with Crippen LogP contribution in [-0.4, -0.2) is 23.8 Å². The van der Waals surface area contributed by atoms with Crippen LogP contribution in [0.1, 0.15) is 32.3 Å². The Balaban J connectivity index is 2.38. The van der Waals surface area contributed by atoms with Gasteiger partial charge >= 0.3 is 5.97 Å². The number of rotatable bonds is 3. The molecule has 1 aliphatic carbocycles. The minimum atomic E-state index is -0.809. The zero-order valence-corrected chi connectivity index (χ0v) is 12.2. The summed E-state index contributed by atoms with van der Waals surface area (Å²) in [7, 11) is 1.38. The molecule has 0 radical (unpaired) electrons. The molecule has 0 unspecified atom stereocenters. The highest BCUT2D eigenvalue weighted by molar-refractivity contribution is 6.30. The molecule has 0 atom stereocenters. The van der Waals surface area contributed by atoms with E-state index in [0.717, 1.165) is 5.56 Å². The number of carbonyl (C=O) groups excluding carboxylic acids is 1. The first-order chi connectivity index (χ1) is 8.84. The topological polar surface area (TPSA) is 46.5 Å². The minimum Gasteiger partial charge on any atom is -0.468 e. The zero-order valence-electron chi connectivity index (χ0n) is 11.4. The number of carbonyl (C=O) groups is 1. The monoisotopic (exact) mass is 282 g/mol. The molecule has 1 aliphatic rings. The number of hydrogen-bond donors (Lipinski definition) is 1.